The van der Waals surface area contributed by atoms with E-state index in [1.807, 2.05) is 12.1 Å². The molecule has 3 heteroatoms. The van der Waals surface area contributed by atoms with E-state index in [-0.39, 0.29) is 5.82 Å². The summed E-state index contributed by atoms with van der Waals surface area (Å²) in [5, 5.41) is 7.02. The molecule has 0 spiro atoms. The summed E-state index contributed by atoms with van der Waals surface area (Å²) in [5.41, 5.74) is 5.21. The first-order valence-corrected chi connectivity index (χ1v) is 7.55. The third-order valence-corrected chi connectivity index (χ3v) is 4.03. The van der Waals surface area contributed by atoms with Gasteiger partial charge in [0.25, 0.3) is 0 Å². The van der Waals surface area contributed by atoms with Gasteiger partial charge in [0.05, 0.1) is 0 Å². The largest absolute Gasteiger partial charge is 0.384 e. The van der Waals surface area contributed by atoms with Crippen LogP contribution in [-0.2, 0) is 19.4 Å². The van der Waals surface area contributed by atoms with Gasteiger partial charge in [-0.1, -0.05) is 30.3 Å². The van der Waals surface area contributed by atoms with Crippen LogP contribution in [0.25, 0.3) is 0 Å². The highest BCUT2D eigenvalue weighted by Crippen LogP contribution is 2.26. The van der Waals surface area contributed by atoms with Gasteiger partial charge in [-0.15, -0.1) is 0 Å². The maximum absolute atomic E-state index is 12.9. The van der Waals surface area contributed by atoms with Gasteiger partial charge in [-0.25, -0.2) is 4.39 Å². The zero-order valence-corrected chi connectivity index (χ0v) is 12.3. The quantitative estimate of drug-likeness (QED) is 0.878. The van der Waals surface area contributed by atoms with Crippen molar-refractivity contribution < 1.29 is 4.39 Å². The van der Waals surface area contributed by atoms with Crippen LogP contribution in [0.2, 0.25) is 0 Å². The number of benzene rings is 2. The Morgan fingerprint density at radius 2 is 2.00 bits per heavy atom. The molecule has 1 aliphatic rings. The van der Waals surface area contributed by atoms with Crippen LogP contribution in [0.15, 0.2) is 42.5 Å². The molecular weight excluding hydrogens is 263 g/mol. The van der Waals surface area contributed by atoms with Crippen molar-refractivity contribution in [3.8, 4) is 0 Å². The van der Waals surface area contributed by atoms with E-state index < -0.39 is 0 Å². The Labute approximate surface area is 125 Å². The smallest absolute Gasteiger partial charge is 0.123 e. The van der Waals surface area contributed by atoms with Crippen molar-refractivity contribution in [3.05, 3.63) is 65.0 Å². The van der Waals surface area contributed by atoms with Crippen molar-refractivity contribution in [2.24, 2.45) is 0 Å². The highest BCUT2D eigenvalue weighted by molar-refractivity contribution is 5.61. The monoisotopic (exact) mass is 284 g/mol. The lowest BCUT2D eigenvalue weighted by Crippen LogP contribution is -2.27. The summed E-state index contributed by atoms with van der Waals surface area (Å²) in [6, 6.07) is 13.6. The number of hydrogen-bond donors (Lipinski definition) is 2. The summed E-state index contributed by atoms with van der Waals surface area (Å²) in [5.74, 6) is -0.176. The number of para-hydroxylation sites is 1. The molecule has 2 aromatic carbocycles. The number of hydrogen-bond acceptors (Lipinski definition) is 2. The average Bonchev–Trinajstić information content (AvgIpc) is 2.96. The highest BCUT2D eigenvalue weighted by Gasteiger charge is 2.13. The first-order chi connectivity index (χ1) is 10.2. The van der Waals surface area contributed by atoms with E-state index in [2.05, 4.69) is 35.8 Å². The molecule has 0 aromatic heterocycles. The Balaban J connectivity index is 1.58. The molecule has 110 valence electrons. The third-order valence-electron chi connectivity index (χ3n) is 4.03. The van der Waals surface area contributed by atoms with Crippen molar-refractivity contribution >= 4 is 5.69 Å². The number of fused-ring (bicyclic) bond motifs is 1. The maximum atomic E-state index is 12.9. The maximum Gasteiger partial charge on any atom is 0.123 e. The predicted molar refractivity (Wildman–Crippen MR) is 85.0 cm³/mol. The van der Waals surface area contributed by atoms with E-state index in [9.17, 15) is 4.39 Å². The second kappa shape index (κ2) is 6.27. The number of halogens is 1. The Morgan fingerprint density at radius 1 is 1.19 bits per heavy atom. The molecule has 2 N–H and O–H groups in total. The van der Waals surface area contributed by atoms with Crippen LogP contribution in [0.1, 0.15) is 23.6 Å². The summed E-state index contributed by atoms with van der Waals surface area (Å²) in [6.45, 7) is 4.07. The molecule has 0 saturated heterocycles. The Kier molecular flexibility index (Phi) is 4.20. The number of rotatable bonds is 5. The zero-order chi connectivity index (χ0) is 14.7. The Hall–Kier alpha value is -1.87. The van der Waals surface area contributed by atoms with E-state index in [1.54, 1.807) is 0 Å². The summed E-state index contributed by atoms with van der Waals surface area (Å²) in [7, 11) is 0. The molecule has 0 radical (unpaired) electrons. The van der Waals surface area contributed by atoms with Crippen LogP contribution in [-0.4, -0.2) is 12.6 Å². The summed E-state index contributed by atoms with van der Waals surface area (Å²) >= 11 is 0. The molecule has 2 aromatic rings. The Morgan fingerprint density at radius 3 is 2.81 bits per heavy atom. The minimum Gasteiger partial charge on any atom is -0.384 e. The topological polar surface area (TPSA) is 24.1 Å². The minimum atomic E-state index is -0.176. The van der Waals surface area contributed by atoms with E-state index in [0.717, 1.165) is 31.5 Å². The van der Waals surface area contributed by atoms with Crippen molar-refractivity contribution in [3.63, 3.8) is 0 Å². The fraction of sp³-hybridized carbons (Fsp3) is 0.333. The summed E-state index contributed by atoms with van der Waals surface area (Å²) < 4.78 is 12.9. The minimum absolute atomic E-state index is 0.176. The molecule has 0 fully saturated rings. The van der Waals surface area contributed by atoms with Gasteiger partial charge in [-0.2, -0.15) is 0 Å². The van der Waals surface area contributed by atoms with Crippen molar-refractivity contribution in [1.82, 2.24) is 5.32 Å². The molecule has 1 heterocycles. The van der Waals surface area contributed by atoms with Gasteiger partial charge in [0.1, 0.15) is 5.82 Å². The van der Waals surface area contributed by atoms with Gasteiger partial charge in [-0.3, -0.25) is 0 Å². The van der Waals surface area contributed by atoms with E-state index in [0.29, 0.717) is 6.04 Å². The normalized spacial score (nSPS) is 14.6. The fourth-order valence-electron chi connectivity index (χ4n) is 2.89. The molecule has 0 aliphatic carbocycles. The van der Waals surface area contributed by atoms with Gasteiger partial charge in [-0.05, 0) is 48.6 Å². The number of nitrogens with one attached hydrogen (secondary N) is 2. The van der Waals surface area contributed by atoms with Crippen molar-refractivity contribution in [1.29, 1.82) is 0 Å². The average molecular weight is 284 g/mol. The molecule has 0 saturated carbocycles. The fourth-order valence-corrected chi connectivity index (χ4v) is 2.89. The van der Waals surface area contributed by atoms with Crippen LogP contribution in [0.3, 0.4) is 0 Å². The van der Waals surface area contributed by atoms with Gasteiger partial charge < -0.3 is 10.6 Å². The number of anilines is 1. The molecule has 0 amide bonds. The molecule has 2 nitrogen and oxygen atoms in total. The van der Waals surface area contributed by atoms with Crippen LogP contribution >= 0.6 is 0 Å². The molecule has 3 rings (SSSR count). The van der Waals surface area contributed by atoms with Gasteiger partial charge in [0.15, 0.2) is 0 Å². The SMILES string of the molecule is CC(Cc1ccc(F)cc1)NCc1cccc2c1NCC2. The second-order valence-corrected chi connectivity index (χ2v) is 5.74. The highest BCUT2D eigenvalue weighted by atomic mass is 19.1. The lowest BCUT2D eigenvalue weighted by Gasteiger charge is -2.16. The third kappa shape index (κ3) is 3.42. The van der Waals surface area contributed by atoms with Crippen molar-refractivity contribution in [2.75, 3.05) is 11.9 Å². The van der Waals surface area contributed by atoms with Crippen LogP contribution in [0.5, 0.6) is 0 Å². The molecular formula is C18H21FN2. The lowest BCUT2D eigenvalue weighted by atomic mass is 10.1. The molecule has 21 heavy (non-hydrogen) atoms. The lowest BCUT2D eigenvalue weighted by molar-refractivity contribution is 0.545. The van der Waals surface area contributed by atoms with E-state index >= 15 is 0 Å². The van der Waals surface area contributed by atoms with Crippen molar-refractivity contribution in [2.45, 2.75) is 32.4 Å². The molecule has 0 bridgehead atoms. The standard InChI is InChI=1S/C18H21FN2/c1-13(11-14-5-7-17(19)8-6-14)21-12-16-4-2-3-15-9-10-20-18(15)16/h2-8,13,20-21H,9-12H2,1H3. The zero-order valence-electron chi connectivity index (χ0n) is 12.3. The molecule has 1 aliphatic heterocycles. The Bertz CT molecular complexity index is 607. The predicted octanol–water partition coefficient (Wildman–Crippen LogP) is 3.51. The first-order valence-electron chi connectivity index (χ1n) is 7.55. The second-order valence-electron chi connectivity index (χ2n) is 5.74. The van der Waals surface area contributed by atoms with Crippen LogP contribution < -0.4 is 10.6 Å². The molecule has 1 unspecified atom stereocenters. The first kappa shape index (κ1) is 14.1. The van der Waals surface area contributed by atoms with E-state index in [4.69, 9.17) is 0 Å². The van der Waals surface area contributed by atoms with Gasteiger partial charge >= 0.3 is 0 Å². The van der Waals surface area contributed by atoms with Gasteiger partial charge in [0, 0.05) is 24.8 Å². The van der Waals surface area contributed by atoms with Gasteiger partial charge in [0.2, 0.25) is 0 Å². The van der Waals surface area contributed by atoms with Crippen LogP contribution in [0.4, 0.5) is 10.1 Å². The van der Waals surface area contributed by atoms with Crippen LogP contribution in [0, 0.1) is 5.82 Å². The summed E-state index contributed by atoms with van der Waals surface area (Å²) in [4.78, 5) is 0. The summed E-state index contributed by atoms with van der Waals surface area (Å²) in [6.07, 6.45) is 2.02. The molecule has 1 atom stereocenters. The van der Waals surface area contributed by atoms with E-state index in [1.165, 1.54) is 28.9 Å².